The lowest BCUT2D eigenvalue weighted by molar-refractivity contribution is 0.115. The molecule has 0 N–H and O–H groups in total. The minimum atomic E-state index is 0.512. The van der Waals surface area contributed by atoms with Gasteiger partial charge in [0, 0.05) is 24.9 Å². The van der Waals surface area contributed by atoms with Gasteiger partial charge in [-0.3, -0.25) is 4.90 Å². The molecule has 2 aromatic rings. The zero-order valence-corrected chi connectivity index (χ0v) is 15.1. The van der Waals surface area contributed by atoms with Crippen LogP contribution in [-0.2, 0) is 13.0 Å². The van der Waals surface area contributed by atoms with E-state index in [1.807, 2.05) is 24.3 Å². The molecule has 1 aromatic heterocycles. The van der Waals surface area contributed by atoms with Gasteiger partial charge in [0.1, 0.15) is 11.5 Å². The number of methoxy groups -OCH3 is 1. The largest absolute Gasteiger partial charge is 0.497 e. The van der Waals surface area contributed by atoms with Crippen molar-refractivity contribution in [2.75, 3.05) is 26.8 Å². The van der Waals surface area contributed by atoms with Crippen LogP contribution < -0.4 is 9.47 Å². The van der Waals surface area contributed by atoms with Gasteiger partial charge in [0.15, 0.2) is 5.82 Å². The van der Waals surface area contributed by atoms with Crippen molar-refractivity contribution in [3.05, 3.63) is 36.0 Å². The van der Waals surface area contributed by atoms with Gasteiger partial charge in [0.25, 0.3) is 0 Å². The number of hydrogen-bond acceptors (Lipinski definition) is 6. The van der Waals surface area contributed by atoms with E-state index in [-0.39, 0.29) is 0 Å². The molecule has 1 atom stereocenters. The summed E-state index contributed by atoms with van der Waals surface area (Å²) in [7, 11) is 1.67. The molecule has 25 heavy (non-hydrogen) atoms. The van der Waals surface area contributed by atoms with Gasteiger partial charge in [0.05, 0.1) is 20.3 Å². The third-order valence-electron chi connectivity index (χ3n) is 4.47. The molecule has 1 aliphatic heterocycles. The van der Waals surface area contributed by atoms with Crippen molar-refractivity contribution in [2.24, 2.45) is 5.92 Å². The standard InChI is InChI=1S/C19H27N3O3/c1-3-6-18-20-19(25-21-18)13-22-10-5-7-15(12-22)14-24-17-9-4-8-16(11-17)23-2/h4,8-9,11,15H,3,5-7,10,12-14H2,1-2H3/t15-/m1/s1. The second-order valence-electron chi connectivity index (χ2n) is 6.59. The number of aromatic nitrogens is 2. The van der Waals surface area contributed by atoms with Crippen molar-refractivity contribution in [3.63, 3.8) is 0 Å². The Morgan fingerprint density at radius 3 is 3.04 bits per heavy atom. The summed E-state index contributed by atoms with van der Waals surface area (Å²) in [6.07, 6.45) is 4.26. The van der Waals surface area contributed by atoms with Gasteiger partial charge < -0.3 is 14.0 Å². The van der Waals surface area contributed by atoms with Crippen LogP contribution in [0, 0.1) is 5.92 Å². The molecule has 0 unspecified atom stereocenters. The van der Waals surface area contributed by atoms with Crippen LogP contribution >= 0.6 is 0 Å². The normalized spacial score (nSPS) is 18.2. The van der Waals surface area contributed by atoms with E-state index in [9.17, 15) is 0 Å². The lowest BCUT2D eigenvalue weighted by Crippen LogP contribution is -2.37. The summed E-state index contributed by atoms with van der Waals surface area (Å²) in [5, 5.41) is 4.03. The molecule has 136 valence electrons. The summed E-state index contributed by atoms with van der Waals surface area (Å²) in [5.41, 5.74) is 0. The van der Waals surface area contributed by atoms with Crippen LogP contribution in [0.5, 0.6) is 11.5 Å². The van der Waals surface area contributed by atoms with E-state index in [2.05, 4.69) is 22.0 Å². The molecular formula is C19H27N3O3. The SMILES string of the molecule is CCCc1noc(CN2CCC[C@@H](COc3cccc(OC)c3)C2)n1. The highest BCUT2D eigenvalue weighted by Crippen LogP contribution is 2.22. The van der Waals surface area contributed by atoms with Crippen LogP contribution in [0.15, 0.2) is 28.8 Å². The van der Waals surface area contributed by atoms with Crippen molar-refractivity contribution in [3.8, 4) is 11.5 Å². The first kappa shape index (κ1) is 17.7. The zero-order chi connectivity index (χ0) is 17.5. The summed E-state index contributed by atoms with van der Waals surface area (Å²) < 4.78 is 16.6. The minimum absolute atomic E-state index is 0.512. The molecule has 1 aromatic carbocycles. The number of likely N-dealkylation sites (tertiary alicyclic amines) is 1. The summed E-state index contributed by atoms with van der Waals surface area (Å²) in [6, 6.07) is 7.77. The Bertz CT molecular complexity index is 659. The Morgan fingerprint density at radius 2 is 2.20 bits per heavy atom. The molecule has 1 fully saturated rings. The van der Waals surface area contributed by atoms with Crippen molar-refractivity contribution in [1.82, 2.24) is 15.0 Å². The van der Waals surface area contributed by atoms with Crippen LogP contribution in [0.25, 0.3) is 0 Å². The maximum absolute atomic E-state index is 5.96. The number of ether oxygens (including phenoxy) is 2. The summed E-state index contributed by atoms with van der Waals surface area (Å²) in [6.45, 7) is 5.63. The van der Waals surface area contributed by atoms with Gasteiger partial charge >= 0.3 is 0 Å². The van der Waals surface area contributed by atoms with Crippen LogP contribution in [0.2, 0.25) is 0 Å². The number of benzene rings is 1. The number of rotatable bonds is 8. The molecule has 2 heterocycles. The minimum Gasteiger partial charge on any atom is -0.497 e. The molecule has 3 rings (SSSR count). The van der Waals surface area contributed by atoms with Crippen molar-refractivity contribution in [1.29, 1.82) is 0 Å². The number of aryl methyl sites for hydroxylation is 1. The van der Waals surface area contributed by atoms with Crippen LogP contribution in [-0.4, -0.2) is 41.8 Å². The van der Waals surface area contributed by atoms with E-state index in [4.69, 9.17) is 14.0 Å². The van der Waals surface area contributed by atoms with Gasteiger partial charge in [-0.05, 0) is 37.9 Å². The summed E-state index contributed by atoms with van der Waals surface area (Å²) in [5.74, 6) is 3.72. The molecule has 6 heteroatoms. The fourth-order valence-electron chi connectivity index (χ4n) is 3.21. The van der Waals surface area contributed by atoms with Crippen LogP contribution in [0.1, 0.15) is 37.9 Å². The predicted octanol–water partition coefficient (Wildman–Crippen LogP) is 3.32. The van der Waals surface area contributed by atoms with E-state index in [0.717, 1.165) is 55.7 Å². The Morgan fingerprint density at radius 1 is 1.32 bits per heavy atom. The molecule has 1 aliphatic rings. The highest BCUT2D eigenvalue weighted by atomic mass is 16.5. The van der Waals surface area contributed by atoms with Gasteiger partial charge in [-0.25, -0.2) is 0 Å². The van der Waals surface area contributed by atoms with Gasteiger partial charge in [-0.1, -0.05) is 18.1 Å². The van der Waals surface area contributed by atoms with E-state index >= 15 is 0 Å². The van der Waals surface area contributed by atoms with Crippen molar-refractivity contribution in [2.45, 2.75) is 39.2 Å². The molecule has 0 radical (unpaired) electrons. The van der Waals surface area contributed by atoms with Crippen molar-refractivity contribution >= 4 is 0 Å². The Kier molecular flexibility index (Phi) is 6.28. The fraction of sp³-hybridized carbons (Fsp3) is 0.579. The van der Waals surface area contributed by atoms with E-state index < -0.39 is 0 Å². The molecule has 0 amide bonds. The maximum atomic E-state index is 5.96. The third-order valence-corrected chi connectivity index (χ3v) is 4.47. The highest BCUT2D eigenvalue weighted by molar-refractivity contribution is 5.32. The van der Waals surface area contributed by atoms with E-state index in [0.29, 0.717) is 12.5 Å². The monoisotopic (exact) mass is 345 g/mol. The van der Waals surface area contributed by atoms with Crippen LogP contribution in [0.4, 0.5) is 0 Å². The topological polar surface area (TPSA) is 60.6 Å². The number of piperidine rings is 1. The lowest BCUT2D eigenvalue weighted by atomic mass is 9.99. The first-order valence-corrected chi connectivity index (χ1v) is 9.07. The molecule has 0 aliphatic carbocycles. The maximum Gasteiger partial charge on any atom is 0.240 e. The number of hydrogen-bond donors (Lipinski definition) is 0. The average Bonchev–Trinajstić information content (AvgIpc) is 3.08. The first-order valence-electron chi connectivity index (χ1n) is 9.07. The molecule has 0 saturated carbocycles. The Hall–Kier alpha value is -2.08. The summed E-state index contributed by atoms with van der Waals surface area (Å²) >= 11 is 0. The molecular weight excluding hydrogens is 318 g/mol. The zero-order valence-electron chi connectivity index (χ0n) is 15.1. The summed E-state index contributed by atoms with van der Waals surface area (Å²) in [4.78, 5) is 6.85. The van der Waals surface area contributed by atoms with Gasteiger partial charge in [0.2, 0.25) is 5.89 Å². The number of nitrogens with zero attached hydrogens (tertiary/aromatic N) is 3. The van der Waals surface area contributed by atoms with Crippen molar-refractivity contribution < 1.29 is 14.0 Å². The predicted molar refractivity (Wildman–Crippen MR) is 94.8 cm³/mol. The van der Waals surface area contributed by atoms with E-state index in [1.54, 1.807) is 7.11 Å². The second kappa shape index (κ2) is 8.85. The van der Waals surface area contributed by atoms with E-state index in [1.165, 1.54) is 12.8 Å². The molecule has 1 saturated heterocycles. The molecule has 0 bridgehead atoms. The molecule has 0 spiro atoms. The Balaban J connectivity index is 1.48. The van der Waals surface area contributed by atoms with Crippen LogP contribution in [0.3, 0.4) is 0 Å². The smallest absolute Gasteiger partial charge is 0.240 e. The fourth-order valence-corrected chi connectivity index (χ4v) is 3.21. The van der Waals surface area contributed by atoms with Gasteiger partial charge in [-0.15, -0.1) is 0 Å². The average molecular weight is 345 g/mol. The van der Waals surface area contributed by atoms with Gasteiger partial charge in [-0.2, -0.15) is 4.98 Å². The second-order valence-corrected chi connectivity index (χ2v) is 6.59. The lowest BCUT2D eigenvalue weighted by Gasteiger charge is -2.31. The first-order chi connectivity index (χ1) is 12.3. The highest BCUT2D eigenvalue weighted by Gasteiger charge is 2.22. The Labute approximate surface area is 149 Å². The third kappa shape index (κ3) is 5.19. The molecule has 6 nitrogen and oxygen atoms in total. The quantitative estimate of drug-likeness (QED) is 0.731.